The van der Waals surface area contributed by atoms with Crippen LogP contribution in [-0.4, -0.2) is 53.5 Å². The highest BCUT2D eigenvalue weighted by molar-refractivity contribution is 9.09. The van der Waals surface area contributed by atoms with Gasteiger partial charge in [-0.1, -0.05) is 15.9 Å². The molecule has 2 bridgehead atoms. The van der Waals surface area contributed by atoms with Gasteiger partial charge in [-0.15, -0.1) is 0 Å². The van der Waals surface area contributed by atoms with Gasteiger partial charge in [0.2, 0.25) is 5.91 Å². The first kappa shape index (κ1) is 13.8. The first-order valence-corrected chi connectivity index (χ1v) is 7.06. The summed E-state index contributed by atoms with van der Waals surface area (Å²) < 4.78 is 10.5. The van der Waals surface area contributed by atoms with E-state index >= 15 is 0 Å². The minimum absolute atomic E-state index is 0.00560. The molecule has 5 nitrogen and oxygen atoms in total. The van der Waals surface area contributed by atoms with Crippen LogP contribution in [0.3, 0.4) is 0 Å². The van der Waals surface area contributed by atoms with Gasteiger partial charge in [-0.3, -0.25) is 4.79 Å². The molecule has 0 radical (unpaired) electrons. The number of esters is 1. The number of rotatable bonds is 3. The Bertz CT molecular complexity index is 362. The summed E-state index contributed by atoms with van der Waals surface area (Å²) in [4.78, 5) is 25.5. The van der Waals surface area contributed by atoms with Crippen molar-refractivity contribution in [2.45, 2.75) is 43.3 Å². The van der Waals surface area contributed by atoms with Crippen molar-refractivity contribution in [3.05, 3.63) is 0 Å². The minimum atomic E-state index is -0.469. The number of ether oxygens (including phenoxy) is 2. The smallest absolute Gasteiger partial charge is 0.329 e. The molecule has 2 fully saturated rings. The molecule has 2 rings (SSSR count). The van der Waals surface area contributed by atoms with Gasteiger partial charge >= 0.3 is 5.97 Å². The Kier molecular flexibility index (Phi) is 3.96. The average Bonchev–Trinajstić information content (AvgIpc) is 2.79. The Morgan fingerprint density at radius 1 is 1.44 bits per heavy atom. The summed E-state index contributed by atoms with van der Waals surface area (Å²) in [6.07, 6.45) is 0.776. The molecule has 18 heavy (non-hydrogen) atoms. The summed E-state index contributed by atoms with van der Waals surface area (Å²) >= 11 is 3.60. The van der Waals surface area contributed by atoms with Crippen LogP contribution < -0.4 is 0 Å². The molecule has 1 heterocycles. The number of amides is 1. The molecule has 0 spiro atoms. The first-order valence-electron chi connectivity index (χ1n) is 6.15. The Balaban J connectivity index is 2.27. The van der Waals surface area contributed by atoms with Crippen molar-refractivity contribution < 1.29 is 19.1 Å². The van der Waals surface area contributed by atoms with Crippen LogP contribution in [0, 0.1) is 5.92 Å². The third-order valence-electron chi connectivity index (χ3n) is 3.84. The van der Waals surface area contributed by atoms with Crippen LogP contribution in [0.2, 0.25) is 0 Å². The molecule has 0 unspecified atom stereocenters. The summed E-state index contributed by atoms with van der Waals surface area (Å²) in [6, 6.07) is -0.546. The standard InChI is InChI=1S/C12H18BrNO4/c1-4-18-12(16)10-7-5-8(17-3)11(9(7)13)14(10)6(2)15/h7-11H,4-5H2,1-3H3/t7-,8-,9-,10-,11+/m1/s1. The van der Waals surface area contributed by atoms with E-state index in [9.17, 15) is 9.59 Å². The number of fused-ring (bicyclic) bond motifs is 2. The van der Waals surface area contributed by atoms with Crippen molar-refractivity contribution in [3.63, 3.8) is 0 Å². The SMILES string of the molecule is CCOC(=O)[C@H]1[C@@H]2C[C@@H](OC)[C@@H]([C@@H]2Br)N1C(C)=O. The topological polar surface area (TPSA) is 55.8 Å². The monoisotopic (exact) mass is 319 g/mol. The van der Waals surface area contributed by atoms with Gasteiger partial charge in [0, 0.05) is 24.8 Å². The van der Waals surface area contributed by atoms with Gasteiger partial charge in [0.25, 0.3) is 0 Å². The first-order chi connectivity index (χ1) is 8.52. The summed E-state index contributed by atoms with van der Waals surface area (Å²) in [5.74, 6) is -0.339. The van der Waals surface area contributed by atoms with Crippen molar-refractivity contribution in [3.8, 4) is 0 Å². The summed E-state index contributed by atoms with van der Waals surface area (Å²) in [5, 5.41) is 0. The van der Waals surface area contributed by atoms with E-state index < -0.39 is 6.04 Å². The third-order valence-corrected chi connectivity index (χ3v) is 5.06. The van der Waals surface area contributed by atoms with E-state index in [0.29, 0.717) is 6.61 Å². The Labute approximate surface area is 115 Å². The maximum absolute atomic E-state index is 12.0. The minimum Gasteiger partial charge on any atom is -0.464 e. The number of piperidine rings is 1. The van der Waals surface area contributed by atoms with Gasteiger partial charge in [-0.25, -0.2) is 4.79 Å². The number of carbonyl (C=O) groups is 2. The lowest BCUT2D eigenvalue weighted by Crippen LogP contribution is -2.54. The number of halogens is 1. The van der Waals surface area contributed by atoms with Crippen LogP contribution in [0.5, 0.6) is 0 Å². The van der Waals surface area contributed by atoms with Crippen LogP contribution in [0.15, 0.2) is 0 Å². The van der Waals surface area contributed by atoms with Gasteiger partial charge < -0.3 is 14.4 Å². The number of likely N-dealkylation sites (tertiary alicyclic amines) is 1. The van der Waals surface area contributed by atoms with Crippen molar-refractivity contribution in [2.75, 3.05) is 13.7 Å². The fourth-order valence-corrected chi connectivity index (χ4v) is 4.28. The van der Waals surface area contributed by atoms with E-state index in [2.05, 4.69) is 15.9 Å². The second-order valence-corrected chi connectivity index (χ2v) is 5.79. The fourth-order valence-electron chi connectivity index (χ4n) is 3.18. The summed E-state index contributed by atoms with van der Waals surface area (Å²) in [5.41, 5.74) is 0. The third kappa shape index (κ3) is 1.95. The molecular formula is C12H18BrNO4. The van der Waals surface area contributed by atoms with E-state index in [0.717, 1.165) is 6.42 Å². The van der Waals surface area contributed by atoms with Crippen LogP contribution in [0.4, 0.5) is 0 Å². The average molecular weight is 320 g/mol. The Morgan fingerprint density at radius 3 is 2.61 bits per heavy atom. The molecule has 0 N–H and O–H groups in total. The predicted molar refractivity (Wildman–Crippen MR) is 68.3 cm³/mol. The number of hydrogen-bond acceptors (Lipinski definition) is 4. The maximum atomic E-state index is 12.0. The van der Waals surface area contributed by atoms with Crippen LogP contribution in [-0.2, 0) is 19.1 Å². The Hall–Kier alpha value is -0.620. The lowest BCUT2D eigenvalue weighted by molar-refractivity contribution is -0.159. The molecule has 102 valence electrons. The highest BCUT2D eigenvalue weighted by atomic mass is 79.9. The lowest BCUT2D eigenvalue weighted by atomic mass is 9.97. The molecule has 1 saturated carbocycles. The lowest BCUT2D eigenvalue weighted by Gasteiger charge is -2.36. The zero-order valence-corrected chi connectivity index (χ0v) is 12.3. The van der Waals surface area contributed by atoms with E-state index in [-0.39, 0.29) is 34.8 Å². The van der Waals surface area contributed by atoms with Crippen LogP contribution in [0.25, 0.3) is 0 Å². The molecular weight excluding hydrogens is 302 g/mol. The largest absolute Gasteiger partial charge is 0.464 e. The van der Waals surface area contributed by atoms with Crippen molar-refractivity contribution in [2.24, 2.45) is 5.92 Å². The summed E-state index contributed by atoms with van der Waals surface area (Å²) in [7, 11) is 1.64. The molecule has 1 aliphatic heterocycles. The predicted octanol–water partition coefficient (Wildman–Crippen LogP) is 0.947. The highest BCUT2D eigenvalue weighted by Gasteiger charge is 2.61. The van der Waals surface area contributed by atoms with E-state index in [1.54, 1.807) is 18.9 Å². The molecule has 2 aliphatic rings. The molecule has 1 aliphatic carbocycles. The molecule has 1 saturated heterocycles. The number of hydrogen-bond donors (Lipinski definition) is 0. The van der Waals surface area contributed by atoms with E-state index in [1.807, 2.05) is 0 Å². The highest BCUT2D eigenvalue weighted by Crippen LogP contribution is 2.47. The van der Waals surface area contributed by atoms with Crippen molar-refractivity contribution in [1.82, 2.24) is 4.90 Å². The van der Waals surface area contributed by atoms with Gasteiger partial charge in [0.15, 0.2) is 0 Å². The fraction of sp³-hybridized carbons (Fsp3) is 0.833. The van der Waals surface area contributed by atoms with Gasteiger partial charge in [-0.2, -0.15) is 0 Å². The molecule has 0 aromatic rings. The van der Waals surface area contributed by atoms with Gasteiger partial charge in [0.1, 0.15) is 6.04 Å². The van der Waals surface area contributed by atoms with Gasteiger partial charge in [0.05, 0.1) is 18.8 Å². The number of nitrogens with zero attached hydrogens (tertiary/aromatic N) is 1. The zero-order valence-electron chi connectivity index (χ0n) is 10.8. The molecule has 6 heteroatoms. The van der Waals surface area contributed by atoms with Crippen molar-refractivity contribution in [1.29, 1.82) is 0 Å². The molecule has 0 aromatic heterocycles. The number of alkyl halides is 1. The second kappa shape index (κ2) is 5.17. The van der Waals surface area contributed by atoms with E-state index in [4.69, 9.17) is 9.47 Å². The maximum Gasteiger partial charge on any atom is 0.329 e. The molecule has 0 aromatic carbocycles. The summed E-state index contributed by atoms with van der Waals surface area (Å²) in [6.45, 7) is 3.59. The quantitative estimate of drug-likeness (QED) is 0.574. The van der Waals surface area contributed by atoms with Crippen LogP contribution >= 0.6 is 15.9 Å². The number of methoxy groups -OCH3 is 1. The van der Waals surface area contributed by atoms with Gasteiger partial charge in [-0.05, 0) is 13.3 Å². The second-order valence-electron chi connectivity index (χ2n) is 4.73. The zero-order chi connectivity index (χ0) is 13.4. The molecule has 5 atom stereocenters. The van der Waals surface area contributed by atoms with E-state index in [1.165, 1.54) is 6.92 Å². The normalized spacial score (nSPS) is 38.0. The Morgan fingerprint density at radius 2 is 2.11 bits per heavy atom. The van der Waals surface area contributed by atoms with Crippen LogP contribution in [0.1, 0.15) is 20.3 Å². The number of carbonyl (C=O) groups excluding carboxylic acids is 2. The van der Waals surface area contributed by atoms with Crippen molar-refractivity contribution >= 4 is 27.8 Å². The molecule has 1 amide bonds.